The maximum Gasteiger partial charge on any atom is 0.315 e. The summed E-state index contributed by atoms with van der Waals surface area (Å²) in [6, 6.07) is 11.7. The molecule has 0 unspecified atom stereocenters. The molecule has 2 amide bonds. The second-order valence-electron chi connectivity index (χ2n) is 4.10. The first-order valence-corrected chi connectivity index (χ1v) is 6.16. The third kappa shape index (κ3) is 3.20. The number of carbonyl (C=O) groups is 1. The maximum absolute atomic E-state index is 11.4. The summed E-state index contributed by atoms with van der Waals surface area (Å²) in [6.07, 6.45) is 0.932. The minimum Gasteiger partial charge on any atom is -0.338 e. The molecule has 1 aromatic heterocycles. The molecule has 0 aliphatic heterocycles. The lowest BCUT2D eigenvalue weighted by molar-refractivity contribution is 0.240. The van der Waals surface area contributed by atoms with Crippen LogP contribution in [0.25, 0.3) is 10.9 Å². The molecule has 0 radical (unpaired) electrons. The highest BCUT2D eigenvalue weighted by Gasteiger charge is 2.01. The van der Waals surface area contributed by atoms with Gasteiger partial charge in [0.05, 0.1) is 17.8 Å². The summed E-state index contributed by atoms with van der Waals surface area (Å²) in [4.78, 5) is 15.9. The first kappa shape index (κ1) is 12.4. The van der Waals surface area contributed by atoms with Gasteiger partial charge in [-0.15, -0.1) is 0 Å². The molecule has 94 valence electrons. The summed E-state index contributed by atoms with van der Waals surface area (Å²) in [5.74, 6) is 0. The largest absolute Gasteiger partial charge is 0.338 e. The molecular weight excluding hydrogens is 226 g/mol. The molecule has 0 saturated carbocycles. The van der Waals surface area contributed by atoms with Crippen LogP contribution in [-0.2, 0) is 6.54 Å². The Bertz CT molecular complexity index is 539. The first-order chi connectivity index (χ1) is 8.79. The van der Waals surface area contributed by atoms with Gasteiger partial charge in [0.1, 0.15) is 0 Å². The standard InChI is InChI=1S/C14H17N3O/c1-2-9-15-14(18)16-10-12-8-7-11-5-3-4-6-13(11)17-12/h3-8H,2,9-10H2,1H3,(H2,15,16,18). The summed E-state index contributed by atoms with van der Waals surface area (Å²) >= 11 is 0. The van der Waals surface area contributed by atoms with Crippen LogP contribution in [0, 0.1) is 0 Å². The van der Waals surface area contributed by atoms with Gasteiger partial charge in [0, 0.05) is 11.9 Å². The average Bonchev–Trinajstić information content (AvgIpc) is 2.42. The van der Waals surface area contributed by atoms with Crippen LogP contribution in [0.3, 0.4) is 0 Å². The molecule has 0 aliphatic rings. The van der Waals surface area contributed by atoms with Gasteiger partial charge in [-0.05, 0) is 18.6 Å². The Hall–Kier alpha value is -2.10. The van der Waals surface area contributed by atoms with Gasteiger partial charge in [0.2, 0.25) is 0 Å². The van der Waals surface area contributed by atoms with Crippen molar-refractivity contribution in [3.05, 3.63) is 42.1 Å². The van der Waals surface area contributed by atoms with Gasteiger partial charge < -0.3 is 10.6 Å². The number of amides is 2. The molecule has 0 atom stereocenters. The summed E-state index contributed by atoms with van der Waals surface area (Å²) < 4.78 is 0. The lowest BCUT2D eigenvalue weighted by Crippen LogP contribution is -2.35. The molecule has 0 aliphatic carbocycles. The van der Waals surface area contributed by atoms with Crippen molar-refractivity contribution in [1.29, 1.82) is 0 Å². The lowest BCUT2D eigenvalue weighted by atomic mass is 10.2. The number of nitrogens with one attached hydrogen (secondary N) is 2. The van der Waals surface area contributed by atoms with Gasteiger partial charge >= 0.3 is 6.03 Å². The van der Waals surface area contributed by atoms with Crippen LogP contribution in [0.15, 0.2) is 36.4 Å². The van der Waals surface area contributed by atoms with E-state index in [0.29, 0.717) is 13.1 Å². The summed E-state index contributed by atoms with van der Waals surface area (Å²) in [5, 5.41) is 6.66. The molecule has 1 aromatic carbocycles. The monoisotopic (exact) mass is 243 g/mol. The minimum atomic E-state index is -0.146. The zero-order valence-electron chi connectivity index (χ0n) is 10.4. The third-order valence-corrected chi connectivity index (χ3v) is 2.62. The first-order valence-electron chi connectivity index (χ1n) is 6.16. The molecular formula is C14H17N3O. The fourth-order valence-electron chi connectivity index (χ4n) is 1.68. The molecule has 4 nitrogen and oxygen atoms in total. The number of benzene rings is 1. The van der Waals surface area contributed by atoms with Crippen molar-refractivity contribution in [1.82, 2.24) is 15.6 Å². The van der Waals surface area contributed by atoms with Crippen molar-refractivity contribution in [2.75, 3.05) is 6.54 Å². The zero-order chi connectivity index (χ0) is 12.8. The molecule has 1 heterocycles. The molecule has 2 rings (SSSR count). The number of hydrogen-bond acceptors (Lipinski definition) is 2. The Morgan fingerprint density at radius 3 is 2.83 bits per heavy atom. The molecule has 0 fully saturated rings. The molecule has 4 heteroatoms. The smallest absolute Gasteiger partial charge is 0.315 e. The number of hydrogen-bond donors (Lipinski definition) is 2. The molecule has 0 spiro atoms. The van der Waals surface area contributed by atoms with E-state index in [4.69, 9.17) is 0 Å². The Morgan fingerprint density at radius 1 is 1.17 bits per heavy atom. The second-order valence-corrected chi connectivity index (χ2v) is 4.10. The van der Waals surface area contributed by atoms with Crippen LogP contribution in [0.5, 0.6) is 0 Å². The van der Waals surface area contributed by atoms with Crippen LogP contribution in [0.1, 0.15) is 19.0 Å². The van der Waals surface area contributed by atoms with Crippen LogP contribution in [-0.4, -0.2) is 17.6 Å². The average molecular weight is 243 g/mol. The van der Waals surface area contributed by atoms with Crippen molar-refractivity contribution in [3.63, 3.8) is 0 Å². The van der Waals surface area contributed by atoms with E-state index in [9.17, 15) is 4.79 Å². The van der Waals surface area contributed by atoms with Gasteiger partial charge in [0.15, 0.2) is 0 Å². The predicted molar refractivity (Wildman–Crippen MR) is 72.3 cm³/mol. The number of pyridine rings is 1. The maximum atomic E-state index is 11.4. The fourth-order valence-corrected chi connectivity index (χ4v) is 1.68. The van der Waals surface area contributed by atoms with E-state index in [-0.39, 0.29) is 6.03 Å². The Balaban J connectivity index is 1.97. The number of fused-ring (bicyclic) bond motifs is 1. The second kappa shape index (κ2) is 6.00. The van der Waals surface area contributed by atoms with Crippen molar-refractivity contribution in [2.45, 2.75) is 19.9 Å². The van der Waals surface area contributed by atoms with E-state index in [1.165, 1.54) is 0 Å². The van der Waals surface area contributed by atoms with Crippen molar-refractivity contribution in [3.8, 4) is 0 Å². The van der Waals surface area contributed by atoms with E-state index in [1.54, 1.807) is 0 Å². The SMILES string of the molecule is CCCNC(=O)NCc1ccc2ccccc2n1. The van der Waals surface area contributed by atoms with Gasteiger partial charge in [0.25, 0.3) is 0 Å². The molecule has 2 aromatic rings. The van der Waals surface area contributed by atoms with Crippen molar-refractivity contribution < 1.29 is 4.79 Å². The quantitative estimate of drug-likeness (QED) is 0.866. The molecule has 18 heavy (non-hydrogen) atoms. The number of aromatic nitrogens is 1. The van der Waals surface area contributed by atoms with Gasteiger partial charge in [-0.2, -0.15) is 0 Å². The number of carbonyl (C=O) groups excluding carboxylic acids is 1. The van der Waals surface area contributed by atoms with E-state index in [0.717, 1.165) is 23.0 Å². The number of urea groups is 1. The predicted octanol–water partition coefficient (Wildman–Crippen LogP) is 2.44. The molecule has 0 saturated heterocycles. The topological polar surface area (TPSA) is 54.0 Å². The lowest BCUT2D eigenvalue weighted by Gasteiger charge is -2.06. The van der Waals surface area contributed by atoms with Crippen molar-refractivity contribution in [2.24, 2.45) is 0 Å². The number of para-hydroxylation sites is 1. The van der Waals surface area contributed by atoms with E-state index < -0.39 is 0 Å². The van der Waals surface area contributed by atoms with Crippen LogP contribution in [0.2, 0.25) is 0 Å². The molecule has 0 bridgehead atoms. The van der Waals surface area contributed by atoms with Gasteiger partial charge in [-0.3, -0.25) is 4.98 Å². The highest BCUT2D eigenvalue weighted by Crippen LogP contribution is 2.11. The fraction of sp³-hybridized carbons (Fsp3) is 0.286. The normalized spacial score (nSPS) is 10.3. The van der Waals surface area contributed by atoms with E-state index in [1.807, 2.05) is 43.3 Å². The van der Waals surface area contributed by atoms with Gasteiger partial charge in [-0.1, -0.05) is 31.2 Å². The highest BCUT2D eigenvalue weighted by atomic mass is 16.2. The summed E-state index contributed by atoms with van der Waals surface area (Å²) in [5.41, 5.74) is 1.81. The third-order valence-electron chi connectivity index (χ3n) is 2.62. The Labute approximate surface area is 106 Å². The summed E-state index contributed by atoms with van der Waals surface area (Å²) in [6.45, 7) is 3.16. The van der Waals surface area contributed by atoms with Crippen LogP contribution < -0.4 is 10.6 Å². The highest BCUT2D eigenvalue weighted by molar-refractivity contribution is 5.78. The zero-order valence-corrected chi connectivity index (χ0v) is 10.4. The van der Waals surface area contributed by atoms with Crippen molar-refractivity contribution >= 4 is 16.9 Å². The van der Waals surface area contributed by atoms with Gasteiger partial charge in [-0.25, -0.2) is 4.79 Å². The number of nitrogens with zero attached hydrogens (tertiary/aromatic N) is 1. The molecule has 2 N–H and O–H groups in total. The Morgan fingerprint density at radius 2 is 2.00 bits per heavy atom. The summed E-state index contributed by atoms with van der Waals surface area (Å²) in [7, 11) is 0. The number of rotatable bonds is 4. The minimum absolute atomic E-state index is 0.146. The van der Waals surface area contributed by atoms with Crippen LogP contribution >= 0.6 is 0 Å². The van der Waals surface area contributed by atoms with E-state index in [2.05, 4.69) is 15.6 Å². The Kier molecular flexibility index (Phi) is 4.12. The van der Waals surface area contributed by atoms with Crippen LogP contribution in [0.4, 0.5) is 4.79 Å². The van der Waals surface area contributed by atoms with E-state index >= 15 is 0 Å².